The van der Waals surface area contributed by atoms with Crippen molar-refractivity contribution in [1.82, 2.24) is 0 Å². The van der Waals surface area contributed by atoms with Gasteiger partial charge in [0, 0.05) is 7.11 Å². The van der Waals surface area contributed by atoms with Gasteiger partial charge in [-0.25, -0.2) is 0 Å². The van der Waals surface area contributed by atoms with Crippen LogP contribution >= 0.6 is 0 Å². The Bertz CT molecular complexity index is 319. The van der Waals surface area contributed by atoms with Crippen molar-refractivity contribution in [2.24, 2.45) is 0 Å². The molecule has 0 N–H and O–H groups in total. The molecule has 0 saturated carbocycles. The van der Waals surface area contributed by atoms with Gasteiger partial charge in [-0.2, -0.15) is 0 Å². The summed E-state index contributed by atoms with van der Waals surface area (Å²) in [6, 6.07) is 10.5. The van der Waals surface area contributed by atoms with Crippen molar-refractivity contribution in [2.75, 3.05) is 7.11 Å². The third-order valence-corrected chi connectivity index (χ3v) is 3.59. The van der Waals surface area contributed by atoms with Crippen LogP contribution in [0.4, 0.5) is 0 Å². The Balaban J connectivity index is -0.000000853. The minimum atomic E-state index is -1.39. The van der Waals surface area contributed by atoms with E-state index in [0.717, 1.165) is 0 Å². The van der Waals surface area contributed by atoms with Crippen LogP contribution in [-0.2, 0) is 21.8 Å². The van der Waals surface area contributed by atoms with Crippen LogP contribution in [0.15, 0.2) is 30.3 Å². The number of methoxy groups -OCH3 is 1. The summed E-state index contributed by atoms with van der Waals surface area (Å²) in [4.78, 5) is 4.87. The van der Waals surface area contributed by atoms with Crippen molar-refractivity contribution in [3.05, 3.63) is 48.3 Å². The molecule has 0 heterocycles. The molecule has 1 aromatic rings. The van der Waals surface area contributed by atoms with E-state index in [-0.39, 0.29) is 55.5 Å². The minimum Gasteiger partial charge on any atom is -0.660 e. The van der Waals surface area contributed by atoms with Gasteiger partial charge in [0.15, 0.2) is 0 Å². The van der Waals surface area contributed by atoms with Gasteiger partial charge < -0.3 is 17.1 Å². The number of rotatable bonds is 5. The molecule has 2 atom stereocenters. The van der Waals surface area contributed by atoms with Gasteiger partial charge in [0.25, 0.3) is 0 Å². The van der Waals surface area contributed by atoms with E-state index in [1.807, 2.05) is 18.2 Å². The van der Waals surface area contributed by atoms with Gasteiger partial charge in [-0.3, -0.25) is 0 Å². The maximum atomic E-state index is 5.57. The molecule has 5 heteroatoms. The SMILES string of the molecule is CO[C@H](c1ccccc1)[C@H](C)[N-][Si](C)(C)C.[CH3-].[Cu+].[Li+]. The maximum Gasteiger partial charge on any atom is 1.00 e. The molecule has 0 aliphatic rings. The van der Waals surface area contributed by atoms with Crippen LogP contribution in [-0.4, -0.2) is 21.4 Å². The largest absolute Gasteiger partial charge is 1.00 e. The van der Waals surface area contributed by atoms with E-state index < -0.39 is 8.24 Å². The van der Waals surface area contributed by atoms with Crippen molar-refractivity contribution in [1.29, 1.82) is 0 Å². The average molecular weight is 322 g/mol. The van der Waals surface area contributed by atoms with Crippen LogP contribution in [0.3, 0.4) is 0 Å². The van der Waals surface area contributed by atoms with Crippen molar-refractivity contribution in [2.45, 2.75) is 38.7 Å². The van der Waals surface area contributed by atoms with Gasteiger partial charge in [-0.1, -0.05) is 65.1 Å². The Hall–Kier alpha value is 0.474. The summed E-state index contributed by atoms with van der Waals surface area (Å²) in [5.74, 6) is 0. The summed E-state index contributed by atoms with van der Waals surface area (Å²) < 4.78 is 5.57. The molecule has 0 amide bonds. The van der Waals surface area contributed by atoms with E-state index in [1.54, 1.807) is 7.11 Å². The second kappa shape index (κ2) is 11.2. The van der Waals surface area contributed by atoms with E-state index in [2.05, 4.69) is 38.7 Å². The fraction of sp³-hybridized carbons (Fsp3) is 0.500. The Morgan fingerprint density at radius 2 is 1.58 bits per heavy atom. The molecule has 0 radical (unpaired) electrons. The number of hydrogen-bond acceptors (Lipinski definition) is 1. The van der Waals surface area contributed by atoms with Crippen LogP contribution in [0.1, 0.15) is 18.6 Å². The average Bonchev–Trinajstić information content (AvgIpc) is 2.17. The van der Waals surface area contributed by atoms with Crippen LogP contribution in [0.25, 0.3) is 4.98 Å². The number of nitrogens with zero attached hydrogens (tertiary/aromatic N) is 1. The zero-order chi connectivity index (χ0) is 12.2. The molecule has 0 bridgehead atoms. The predicted octanol–water partition coefficient (Wildman–Crippen LogP) is 1.42. The molecule has 0 aromatic heterocycles. The van der Waals surface area contributed by atoms with Crippen LogP contribution in [0.5, 0.6) is 0 Å². The Morgan fingerprint density at radius 3 is 1.95 bits per heavy atom. The van der Waals surface area contributed by atoms with Crippen molar-refractivity contribution in [3.8, 4) is 0 Å². The van der Waals surface area contributed by atoms with E-state index in [1.165, 1.54) is 5.56 Å². The fourth-order valence-corrected chi connectivity index (χ4v) is 3.29. The van der Waals surface area contributed by atoms with Gasteiger partial charge in [0.05, 0.1) is 6.10 Å². The summed E-state index contributed by atoms with van der Waals surface area (Å²) in [6.45, 7) is 8.89. The van der Waals surface area contributed by atoms with E-state index in [0.29, 0.717) is 0 Å². The zero-order valence-electron chi connectivity index (χ0n) is 13.2. The molecular weight excluding hydrogens is 297 g/mol. The van der Waals surface area contributed by atoms with E-state index >= 15 is 0 Å². The predicted molar refractivity (Wildman–Crippen MR) is 78.8 cm³/mol. The second-order valence-corrected chi connectivity index (χ2v) is 9.71. The standard InChI is InChI=1S/C13H22NOSi.CH3.Cu.Li/c1-11(14-16(3,4)5)13(15-2)12-9-7-6-8-10-12;;;/h6-11,13H,1-5H3;1H3;;/q2*-1;2*+1/t11-,13-;;;/m0.../s1. The van der Waals surface area contributed by atoms with Gasteiger partial charge >= 0.3 is 35.9 Å². The van der Waals surface area contributed by atoms with Gasteiger partial charge in [-0.15, -0.1) is 6.04 Å². The quantitative estimate of drug-likeness (QED) is 0.594. The summed E-state index contributed by atoms with van der Waals surface area (Å²) in [6.07, 6.45) is 0.0768. The molecule has 0 spiro atoms. The number of ether oxygens (including phenoxy) is 1. The monoisotopic (exact) mass is 321 g/mol. The van der Waals surface area contributed by atoms with E-state index in [9.17, 15) is 0 Å². The van der Waals surface area contributed by atoms with E-state index in [4.69, 9.17) is 9.72 Å². The van der Waals surface area contributed by atoms with Crippen molar-refractivity contribution in [3.63, 3.8) is 0 Å². The summed E-state index contributed by atoms with van der Waals surface area (Å²) in [5, 5.41) is 0. The summed E-state index contributed by atoms with van der Waals surface area (Å²) in [5.41, 5.74) is 1.21. The van der Waals surface area contributed by atoms with Crippen LogP contribution in [0, 0.1) is 7.43 Å². The first-order valence-electron chi connectivity index (χ1n) is 5.74. The molecule has 2 nitrogen and oxygen atoms in total. The van der Waals surface area contributed by atoms with Crippen molar-refractivity contribution >= 4 is 8.24 Å². The summed E-state index contributed by atoms with van der Waals surface area (Å²) in [7, 11) is 0.371. The molecule has 19 heavy (non-hydrogen) atoms. The first-order chi connectivity index (χ1) is 7.44. The molecular formula is C14H25CuLiNOSi. The zero-order valence-corrected chi connectivity index (χ0v) is 15.1. The first kappa shape index (κ1) is 24.5. The minimum absolute atomic E-state index is 0. The molecule has 1 aromatic carbocycles. The smallest absolute Gasteiger partial charge is 0.660 e. The Morgan fingerprint density at radius 1 is 1.11 bits per heavy atom. The van der Waals surface area contributed by atoms with Gasteiger partial charge in [0.1, 0.15) is 0 Å². The topological polar surface area (TPSA) is 23.3 Å². The third-order valence-electron chi connectivity index (χ3n) is 2.41. The third kappa shape index (κ3) is 9.10. The second-order valence-electron chi connectivity index (χ2n) is 5.11. The molecule has 0 saturated heterocycles. The fourth-order valence-electron chi connectivity index (χ4n) is 1.93. The van der Waals surface area contributed by atoms with Gasteiger partial charge in [0.2, 0.25) is 0 Å². The Labute approximate surface area is 142 Å². The number of benzene rings is 1. The number of hydrogen-bond donors (Lipinski definition) is 0. The molecule has 0 aliphatic heterocycles. The van der Waals surface area contributed by atoms with Crippen LogP contribution in [0.2, 0.25) is 19.6 Å². The molecule has 0 aliphatic carbocycles. The van der Waals surface area contributed by atoms with Crippen LogP contribution < -0.4 is 18.9 Å². The molecule has 0 unspecified atom stereocenters. The van der Waals surface area contributed by atoms with Crippen molar-refractivity contribution < 1.29 is 40.7 Å². The van der Waals surface area contributed by atoms with Gasteiger partial charge in [-0.05, 0) is 5.56 Å². The maximum absolute atomic E-state index is 5.57. The molecule has 1 rings (SSSR count). The molecule has 0 fully saturated rings. The molecule has 108 valence electrons. The normalized spacial score (nSPS) is 13.3. The first-order valence-corrected chi connectivity index (χ1v) is 9.18. The Kier molecular flexibility index (Phi) is 14.4. The summed E-state index contributed by atoms with van der Waals surface area (Å²) >= 11 is 0.